The van der Waals surface area contributed by atoms with Crippen molar-refractivity contribution in [1.29, 1.82) is 0 Å². The van der Waals surface area contributed by atoms with Gasteiger partial charge >= 0.3 is 6.03 Å². The van der Waals surface area contributed by atoms with Gasteiger partial charge in [0.05, 0.1) is 12.6 Å². The predicted molar refractivity (Wildman–Crippen MR) is 94.3 cm³/mol. The van der Waals surface area contributed by atoms with Crippen LogP contribution in [0.15, 0.2) is 12.3 Å². The van der Waals surface area contributed by atoms with Crippen molar-refractivity contribution >= 4 is 23.7 Å². The molecule has 0 aliphatic carbocycles. The summed E-state index contributed by atoms with van der Waals surface area (Å²) in [6, 6.07) is 1.61. The van der Waals surface area contributed by atoms with E-state index in [2.05, 4.69) is 25.1 Å². The highest BCUT2D eigenvalue weighted by molar-refractivity contribution is 5.96. The summed E-state index contributed by atoms with van der Waals surface area (Å²) in [4.78, 5) is 40.2. The van der Waals surface area contributed by atoms with Gasteiger partial charge < -0.3 is 15.1 Å². The van der Waals surface area contributed by atoms with Crippen LogP contribution in [0.2, 0.25) is 0 Å². The summed E-state index contributed by atoms with van der Waals surface area (Å²) in [6.45, 7) is 5.88. The maximum atomic E-state index is 12.1. The number of aromatic nitrogens is 2. The number of hydrogen-bond acceptors (Lipinski definition) is 7. The molecule has 3 heterocycles. The van der Waals surface area contributed by atoms with Crippen LogP contribution in [0.1, 0.15) is 13.3 Å². The van der Waals surface area contributed by atoms with E-state index >= 15 is 0 Å². The summed E-state index contributed by atoms with van der Waals surface area (Å²) in [5.74, 6) is 1.40. The maximum absolute atomic E-state index is 12.1. The molecule has 0 aromatic carbocycles. The highest BCUT2D eigenvalue weighted by atomic mass is 16.2. The van der Waals surface area contributed by atoms with Crippen molar-refractivity contribution in [1.82, 2.24) is 24.7 Å². The highest BCUT2D eigenvalue weighted by Crippen LogP contribution is 2.21. The molecular weight excluding hydrogens is 322 g/mol. The fraction of sp³-hybridized carbons (Fsp3) is 0.625. The molecule has 2 saturated heterocycles. The Bertz CT molecular complexity index is 645. The average Bonchev–Trinajstić information content (AvgIpc) is 2.64. The third-order valence-electron chi connectivity index (χ3n) is 4.79. The SMILES string of the molecule is CCNc1ccnc(N2CCN(C3CC(=O)N(C)C(=O)N3C)CC2)n1. The molecule has 136 valence electrons. The molecule has 9 nitrogen and oxygen atoms in total. The standard InChI is InChI=1S/C16H25N7O2/c1-4-17-12-5-6-18-15(19-12)23-9-7-22(8-10-23)13-11-14(24)21(3)16(25)20(13)2/h5-6,13H,4,7-11H2,1-3H3,(H,17,18,19). The third-order valence-corrected chi connectivity index (χ3v) is 4.79. The van der Waals surface area contributed by atoms with Crippen LogP contribution in [-0.2, 0) is 4.79 Å². The monoisotopic (exact) mass is 347 g/mol. The zero-order valence-electron chi connectivity index (χ0n) is 15.0. The van der Waals surface area contributed by atoms with Gasteiger partial charge in [0, 0.05) is 53.0 Å². The first-order chi connectivity index (χ1) is 12.0. The van der Waals surface area contributed by atoms with Gasteiger partial charge in [-0.2, -0.15) is 4.98 Å². The molecule has 2 fully saturated rings. The van der Waals surface area contributed by atoms with E-state index in [0.29, 0.717) is 12.4 Å². The van der Waals surface area contributed by atoms with Crippen LogP contribution in [0, 0.1) is 0 Å². The van der Waals surface area contributed by atoms with Crippen molar-refractivity contribution in [2.75, 3.05) is 57.0 Å². The second-order valence-electron chi connectivity index (χ2n) is 6.33. The Hall–Kier alpha value is -2.42. The van der Waals surface area contributed by atoms with Gasteiger partial charge in [0.15, 0.2) is 0 Å². The molecule has 0 saturated carbocycles. The molecule has 1 atom stereocenters. The van der Waals surface area contributed by atoms with Crippen LogP contribution in [0.25, 0.3) is 0 Å². The van der Waals surface area contributed by atoms with E-state index in [1.54, 1.807) is 18.1 Å². The van der Waals surface area contributed by atoms with Crippen LogP contribution < -0.4 is 10.2 Å². The summed E-state index contributed by atoms with van der Waals surface area (Å²) in [6.07, 6.45) is 1.92. The Labute approximate surface area is 147 Å². The van der Waals surface area contributed by atoms with Crippen molar-refractivity contribution in [3.05, 3.63) is 12.3 Å². The second-order valence-corrected chi connectivity index (χ2v) is 6.33. The largest absolute Gasteiger partial charge is 0.370 e. The number of imide groups is 1. The Kier molecular flexibility index (Phi) is 5.03. The molecule has 3 rings (SSSR count). The van der Waals surface area contributed by atoms with E-state index in [0.717, 1.165) is 38.5 Å². The smallest absolute Gasteiger partial charge is 0.327 e. The van der Waals surface area contributed by atoms with E-state index in [9.17, 15) is 9.59 Å². The Morgan fingerprint density at radius 3 is 2.60 bits per heavy atom. The van der Waals surface area contributed by atoms with Crippen molar-refractivity contribution in [3.8, 4) is 0 Å². The van der Waals surface area contributed by atoms with Crippen molar-refractivity contribution < 1.29 is 9.59 Å². The fourth-order valence-electron chi connectivity index (χ4n) is 3.28. The number of carbonyl (C=O) groups excluding carboxylic acids is 2. The van der Waals surface area contributed by atoms with E-state index in [-0.39, 0.29) is 18.1 Å². The Balaban J connectivity index is 1.63. The summed E-state index contributed by atoms with van der Waals surface area (Å²) in [5.41, 5.74) is 0. The molecule has 1 aromatic rings. The van der Waals surface area contributed by atoms with Crippen molar-refractivity contribution in [2.24, 2.45) is 0 Å². The molecule has 3 amide bonds. The lowest BCUT2D eigenvalue weighted by Gasteiger charge is -2.45. The van der Waals surface area contributed by atoms with Gasteiger partial charge in [-0.1, -0.05) is 0 Å². The minimum atomic E-state index is -0.245. The van der Waals surface area contributed by atoms with Crippen LogP contribution >= 0.6 is 0 Å². The number of carbonyl (C=O) groups is 2. The number of hydrogen-bond donors (Lipinski definition) is 1. The van der Waals surface area contributed by atoms with E-state index in [1.807, 2.05) is 13.0 Å². The predicted octanol–water partition coefficient (Wildman–Crippen LogP) is 0.270. The van der Waals surface area contributed by atoms with Gasteiger partial charge in [-0.3, -0.25) is 14.6 Å². The molecule has 0 spiro atoms. The first-order valence-electron chi connectivity index (χ1n) is 8.60. The van der Waals surface area contributed by atoms with Gasteiger partial charge in [-0.15, -0.1) is 0 Å². The summed E-state index contributed by atoms with van der Waals surface area (Å²) in [5, 5.41) is 3.19. The normalized spacial score (nSPS) is 22.5. The molecule has 1 aromatic heterocycles. The maximum Gasteiger partial charge on any atom is 0.327 e. The van der Waals surface area contributed by atoms with Gasteiger partial charge in [0.1, 0.15) is 5.82 Å². The average molecular weight is 347 g/mol. The van der Waals surface area contributed by atoms with Gasteiger partial charge in [-0.25, -0.2) is 9.78 Å². The molecule has 0 radical (unpaired) electrons. The lowest BCUT2D eigenvalue weighted by molar-refractivity contribution is -0.134. The number of nitrogens with zero attached hydrogens (tertiary/aromatic N) is 6. The first-order valence-corrected chi connectivity index (χ1v) is 8.60. The highest BCUT2D eigenvalue weighted by Gasteiger charge is 2.38. The molecule has 1 N–H and O–H groups in total. The number of amides is 3. The van der Waals surface area contributed by atoms with Crippen LogP contribution in [0.3, 0.4) is 0 Å². The third kappa shape index (κ3) is 3.51. The number of rotatable bonds is 4. The first kappa shape index (κ1) is 17.4. The molecular formula is C16H25N7O2. The molecule has 2 aliphatic heterocycles. The molecule has 25 heavy (non-hydrogen) atoms. The van der Waals surface area contributed by atoms with Crippen LogP contribution in [0.4, 0.5) is 16.6 Å². The van der Waals surface area contributed by atoms with Crippen molar-refractivity contribution in [3.63, 3.8) is 0 Å². The van der Waals surface area contributed by atoms with Gasteiger partial charge in [-0.05, 0) is 13.0 Å². The van der Waals surface area contributed by atoms with Gasteiger partial charge in [0.2, 0.25) is 11.9 Å². The van der Waals surface area contributed by atoms with E-state index < -0.39 is 0 Å². The summed E-state index contributed by atoms with van der Waals surface area (Å²) in [7, 11) is 3.29. The minimum Gasteiger partial charge on any atom is -0.370 e. The summed E-state index contributed by atoms with van der Waals surface area (Å²) < 4.78 is 0. The van der Waals surface area contributed by atoms with Crippen LogP contribution in [-0.4, -0.2) is 89.6 Å². The number of nitrogens with one attached hydrogen (secondary N) is 1. The number of anilines is 2. The van der Waals surface area contributed by atoms with E-state index in [4.69, 9.17) is 0 Å². The fourth-order valence-corrected chi connectivity index (χ4v) is 3.28. The van der Waals surface area contributed by atoms with Crippen LogP contribution in [0.5, 0.6) is 0 Å². The molecule has 9 heteroatoms. The molecule has 2 aliphatic rings. The van der Waals surface area contributed by atoms with E-state index in [1.165, 1.54) is 11.9 Å². The van der Waals surface area contributed by atoms with Crippen molar-refractivity contribution in [2.45, 2.75) is 19.5 Å². The zero-order valence-corrected chi connectivity index (χ0v) is 15.0. The number of urea groups is 1. The quantitative estimate of drug-likeness (QED) is 0.837. The topological polar surface area (TPSA) is 84.9 Å². The Morgan fingerprint density at radius 1 is 1.20 bits per heavy atom. The molecule has 1 unspecified atom stereocenters. The molecule has 0 bridgehead atoms. The minimum absolute atomic E-state index is 0.128. The number of piperazine rings is 1. The lowest BCUT2D eigenvalue weighted by Crippen LogP contribution is -2.62. The lowest BCUT2D eigenvalue weighted by atomic mass is 10.1. The van der Waals surface area contributed by atoms with Gasteiger partial charge in [0.25, 0.3) is 0 Å². The second kappa shape index (κ2) is 7.22. The Morgan fingerprint density at radius 2 is 1.92 bits per heavy atom. The zero-order chi connectivity index (χ0) is 18.0. The summed E-state index contributed by atoms with van der Waals surface area (Å²) >= 11 is 0.